The van der Waals surface area contributed by atoms with Crippen LogP contribution in [0.3, 0.4) is 0 Å². The second-order valence-corrected chi connectivity index (χ2v) is 7.70. The third-order valence-corrected chi connectivity index (χ3v) is 5.11. The molecule has 1 atom stereocenters. The number of carbonyl (C=O) groups is 1. The van der Waals surface area contributed by atoms with Gasteiger partial charge in [-0.2, -0.15) is 0 Å². The maximum atomic E-state index is 12.5. The Morgan fingerprint density at radius 1 is 1.15 bits per heavy atom. The second-order valence-electron chi connectivity index (χ2n) is 5.96. The highest BCUT2D eigenvalue weighted by atomic mass is 35.5. The average Bonchev–Trinajstić information content (AvgIpc) is 2.97. The molecule has 0 bridgehead atoms. The van der Waals surface area contributed by atoms with Crippen LogP contribution in [0, 0.1) is 13.8 Å². The molecule has 0 saturated heterocycles. The quantitative estimate of drug-likeness (QED) is 0.648. The maximum absolute atomic E-state index is 12.5. The summed E-state index contributed by atoms with van der Waals surface area (Å²) in [5.74, 6) is 0.651. The van der Waals surface area contributed by atoms with Crippen LogP contribution in [-0.2, 0) is 4.79 Å². The van der Waals surface area contributed by atoms with Crippen LogP contribution in [0.5, 0.6) is 0 Å². The van der Waals surface area contributed by atoms with Gasteiger partial charge in [-0.3, -0.25) is 9.36 Å². The van der Waals surface area contributed by atoms with Crippen LogP contribution in [-0.4, -0.2) is 25.9 Å². The predicted octanol–water partition coefficient (Wildman–Crippen LogP) is 4.66. The summed E-state index contributed by atoms with van der Waals surface area (Å²) in [6, 6.07) is 15.2. The molecule has 0 aliphatic carbocycles. The maximum Gasteiger partial charge on any atom is 0.237 e. The highest BCUT2D eigenvalue weighted by molar-refractivity contribution is 8.00. The Morgan fingerprint density at radius 2 is 1.88 bits per heavy atom. The fourth-order valence-corrected chi connectivity index (χ4v) is 3.52. The number of hydrogen-bond donors (Lipinski definition) is 1. The van der Waals surface area contributed by atoms with E-state index in [-0.39, 0.29) is 11.2 Å². The SMILES string of the molecule is Cc1ccc(NC(=O)[C@H](C)Sc2nnc(C)n2-c2cccc(Cl)c2)cc1. The van der Waals surface area contributed by atoms with Crippen LogP contribution in [0.1, 0.15) is 18.3 Å². The largest absolute Gasteiger partial charge is 0.325 e. The first-order valence-electron chi connectivity index (χ1n) is 8.16. The molecule has 3 aromatic rings. The number of anilines is 1. The van der Waals surface area contributed by atoms with Gasteiger partial charge in [0.15, 0.2) is 5.16 Å². The molecule has 1 amide bonds. The van der Waals surface area contributed by atoms with Crippen LogP contribution < -0.4 is 5.32 Å². The number of aryl methyl sites for hydroxylation is 2. The third kappa shape index (κ3) is 4.26. The zero-order valence-corrected chi connectivity index (χ0v) is 16.3. The van der Waals surface area contributed by atoms with Crippen LogP contribution in [0.25, 0.3) is 5.69 Å². The molecule has 26 heavy (non-hydrogen) atoms. The van der Waals surface area contributed by atoms with E-state index in [0.717, 1.165) is 22.8 Å². The van der Waals surface area contributed by atoms with Crippen LogP contribution in [0.15, 0.2) is 53.7 Å². The first kappa shape index (κ1) is 18.5. The summed E-state index contributed by atoms with van der Waals surface area (Å²) in [6.45, 7) is 5.73. The van der Waals surface area contributed by atoms with Gasteiger partial charge in [0.25, 0.3) is 0 Å². The highest BCUT2D eigenvalue weighted by Gasteiger charge is 2.20. The fourth-order valence-electron chi connectivity index (χ4n) is 2.42. The summed E-state index contributed by atoms with van der Waals surface area (Å²) in [5, 5.41) is 12.2. The molecule has 3 rings (SSSR count). The summed E-state index contributed by atoms with van der Waals surface area (Å²) in [5.41, 5.74) is 2.80. The number of aromatic nitrogens is 3. The smallest absolute Gasteiger partial charge is 0.237 e. The number of hydrogen-bond acceptors (Lipinski definition) is 4. The zero-order chi connectivity index (χ0) is 18.7. The summed E-state index contributed by atoms with van der Waals surface area (Å²) in [7, 11) is 0. The van der Waals surface area contributed by atoms with Crippen molar-refractivity contribution in [3.8, 4) is 5.69 Å². The number of rotatable bonds is 5. The van der Waals surface area contributed by atoms with Crippen molar-refractivity contribution in [2.75, 3.05) is 5.32 Å². The van der Waals surface area contributed by atoms with Crippen LogP contribution in [0.2, 0.25) is 5.02 Å². The Bertz CT molecular complexity index is 924. The molecule has 0 spiro atoms. The molecule has 1 N–H and O–H groups in total. The van der Waals surface area contributed by atoms with Gasteiger partial charge in [-0.1, -0.05) is 47.1 Å². The first-order chi connectivity index (χ1) is 12.4. The van der Waals surface area contributed by atoms with E-state index >= 15 is 0 Å². The minimum absolute atomic E-state index is 0.0860. The first-order valence-corrected chi connectivity index (χ1v) is 9.42. The van der Waals surface area contributed by atoms with Gasteiger partial charge < -0.3 is 5.32 Å². The molecule has 0 aliphatic heterocycles. The van der Waals surface area contributed by atoms with Crippen molar-refractivity contribution < 1.29 is 4.79 Å². The lowest BCUT2D eigenvalue weighted by Crippen LogP contribution is -2.22. The summed E-state index contributed by atoms with van der Waals surface area (Å²) < 4.78 is 1.90. The highest BCUT2D eigenvalue weighted by Crippen LogP contribution is 2.27. The molecular weight excluding hydrogens is 368 g/mol. The van der Waals surface area contributed by atoms with Gasteiger partial charge in [0.2, 0.25) is 5.91 Å². The minimum Gasteiger partial charge on any atom is -0.325 e. The Morgan fingerprint density at radius 3 is 2.58 bits per heavy atom. The van der Waals surface area contributed by atoms with E-state index in [1.807, 2.05) is 73.9 Å². The van der Waals surface area contributed by atoms with Gasteiger partial charge in [0, 0.05) is 10.7 Å². The number of nitrogens with one attached hydrogen (secondary N) is 1. The molecule has 2 aromatic carbocycles. The summed E-state index contributed by atoms with van der Waals surface area (Å²) >= 11 is 7.46. The fraction of sp³-hybridized carbons (Fsp3) is 0.211. The topological polar surface area (TPSA) is 59.8 Å². The average molecular weight is 387 g/mol. The number of carbonyl (C=O) groups excluding carboxylic acids is 1. The zero-order valence-electron chi connectivity index (χ0n) is 14.7. The molecule has 0 radical (unpaired) electrons. The Hall–Kier alpha value is -2.31. The number of benzene rings is 2. The summed E-state index contributed by atoms with van der Waals surface area (Å²) in [4.78, 5) is 12.5. The molecule has 1 heterocycles. The van der Waals surface area contributed by atoms with Crippen molar-refractivity contribution in [3.05, 3.63) is 64.9 Å². The van der Waals surface area contributed by atoms with Gasteiger partial charge in [-0.25, -0.2) is 0 Å². The van der Waals surface area contributed by atoms with E-state index in [1.165, 1.54) is 11.8 Å². The summed E-state index contributed by atoms with van der Waals surface area (Å²) in [6.07, 6.45) is 0. The molecule has 5 nitrogen and oxygen atoms in total. The lowest BCUT2D eigenvalue weighted by Gasteiger charge is -2.13. The van der Waals surface area contributed by atoms with Gasteiger partial charge in [0.05, 0.1) is 10.9 Å². The number of thioether (sulfide) groups is 1. The molecule has 0 saturated carbocycles. The molecule has 134 valence electrons. The van der Waals surface area contributed by atoms with E-state index in [9.17, 15) is 4.79 Å². The number of amides is 1. The van der Waals surface area contributed by atoms with Crippen molar-refractivity contribution >= 4 is 35.0 Å². The van der Waals surface area contributed by atoms with E-state index < -0.39 is 0 Å². The van der Waals surface area contributed by atoms with Crippen molar-refractivity contribution in [2.24, 2.45) is 0 Å². The monoisotopic (exact) mass is 386 g/mol. The predicted molar refractivity (Wildman–Crippen MR) is 106 cm³/mol. The van der Waals surface area contributed by atoms with E-state index in [1.54, 1.807) is 0 Å². The van der Waals surface area contributed by atoms with E-state index in [0.29, 0.717) is 10.2 Å². The Kier molecular flexibility index (Phi) is 5.64. The van der Waals surface area contributed by atoms with Gasteiger partial charge >= 0.3 is 0 Å². The number of nitrogens with zero attached hydrogens (tertiary/aromatic N) is 3. The third-order valence-electron chi connectivity index (χ3n) is 3.83. The van der Waals surface area contributed by atoms with Gasteiger partial charge in [-0.05, 0) is 51.1 Å². The normalized spacial score (nSPS) is 12.0. The van der Waals surface area contributed by atoms with Crippen LogP contribution >= 0.6 is 23.4 Å². The molecular formula is C19H19ClN4OS. The van der Waals surface area contributed by atoms with Crippen molar-refractivity contribution in [1.82, 2.24) is 14.8 Å². The molecule has 1 aromatic heterocycles. The van der Waals surface area contributed by atoms with Crippen LogP contribution in [0.4, 0.5) is 5.69 Å². The van der Waals surface area contributed by atoms with Gasteiger partial charge in [-0.15, -0.1) is 10.2 Å². The Balaban J connectivity index is 1.76. The lowest BCUT2D eigenvalue weighted by molar-refractivity contribution is -0.115. The second kappa shape index (κ2) is 7.93. The van der Waals surface area contributed by atoms with Crippen molar-refractivity contribution in [2.45, 2.75) is 31.2 Å². The molecule has 0 unspecified atom stereocenters. The molecule has 0 aliphatic rings. The van der Waals surface area contributed by atoms with E-state index in [2.05, 4.69) is 15.5 Å². The standard InChI is InChI=1S/C19H19ClN4OS/c1-12-7-9-16(10-8-12)21-18(25)13(2)26-19-23-22-14(3)24(19)17-6-4-5-15(20)11-17/h4-11,13H,1-3H3,(H,21,25)/t13-/m0/s1. The van der Waals surface area contributed by atoms with Crippen molar-refractivity contribution in [1.29, 1.82) is 0 Å². The Labute approximate surface area is 161 Å². The molecule has 0 fully saturated rings. The molecule has 7 heteroatoms. The minimum atomic E-state index is -0.335. The number of halogens is 1. The van der Waals surface area contributed by atoms with E-state index in [4.69, 9.17) is 11.6 Å². The lowest BCUT2D eigenvalue weighted by atomic mass is 10.2. The van der Waals surface area contributed by atoms with Gasteiger partial charge in [0.1, 0.15) is 5.82 Å². The van der Waals surface area contributed by atoms with Crippen molar-refractivity contribution in [3.63, 3.8) is 0 Å².